The van der Waals surface area contributed by atoms with E-state index in [-0.39, 0.29) is 12.1 Å². The Balaban J connectivity index is 2.05. The SMILES string of the molecule is N#C/C(=C/Nc1ccccc1C#N)C(=O)NCc1ccccc1Cl. The predicted molar refractivity (Wildman–Crippen MR) is 91.8 cm³/mol. The number of hydrogen-bond acceptors (Lipinski definition) is 4. The largest absolute Gasteiger partial charge is 0.359 e. The highest BCUT2D eigenvalue weighted by molar-refractivity contribution is 6.31. The van der Waals surface area contributed by atoms with Gasteiger partial charge in [0.2, 0.25) is 0 Å². The van der Waals surface area contributed by atoms with E-state index in [2.05, 4.69) is 10.6 Å². The van der Waals surface area contributed by atoms with E-state index in [9.17, 15) is 4.79 Å². The second-order valence-corrected chi connectivity index (χ2v) is 5.15. The molecule has 2 rings (SSSR count). The molecule has 0 aliphatic rings. The predicted octanol–water partition coefficient (Wildman–Crippen LogP) is 3.35. The van der Waals surface area contributed by atoms with Crippen LogP contribution in [0.5, 0.6) is 0 Å². The Bertz CT molecular complexity index is 862. The van der Waals surface area contributed by atoms with Gasteiger partial charge in [-0.1, -0.05) is 41.9 Å². The van der Waals surface area contributed by atoms with E-state index in [4.69, 9.17) is 22.1 Å². The number of nitriles is 2. The third-order valence-corrected chi connectivity index (χ3v) is 3.55. The van der Waals surface area contributed by atoms with Crippen LogP contribution in [0.15, 0.2) is 60.3 Å². The maximum atomic E-state index is 12.1. The normalized spacial score (nSPS) is 10.4. The lowest BCUT2D eigenvalue weighted by molar-refractivity contribution is -0.117. The van der Waals surface area contributed by atoms with Crippen molar-refractivity contribution in [2.75, 3.05) is 5.32 Å². The van der Waals surface area contributed by atoms with Crippen LogP contribution in [0.25, 0.3) is 0 Å². The van der Waals surface area contributed by atoms with Crippen LogP contribution >= 0.6 is 11.6 Å². The molecule has 2 N–H and O–H groups in total. The molecule has 6 heteroatoms. The maximum absolute atomic E-state index is 12.1. The highest BCUT2D eigenvalue weighted by Gasteiger charge is 2.10. The van der Waals surface area contributed by atoms with Crippen LogP contribution in [0.1, 0.15) is 11.1 Å². The zero-order valence-electron chi connectivity index (χ0n) is 12.6. The molecule has 0 fully saturated rings. The number of amides is 1. The molecule has 0 spiro atoms. The monoisotopic (exact) mass is 336 g/mol. The summed E-state index contributed by atoms with van der Waals surface area (Å²) in [5.41, 5.74) is 1.59. The van der Waals surface area contributed by atoms with Gasteiger partial charge in [0.15, 0.2) is 0 Å². The number of para-hydroxylation sites is 1. The second-order valence-electron chi connectivity index (χ2n) is 4.75. The highest BCUT2D eigenvalue weighted by atomic mass is 35.5. The summed E-state index contributed by atoms with van der Waals surface area (Å²) in [5, 5.41) is 24.2. The number of nitrogens with zero attached hydrogens (tertiary/aromatic N) is 2. The van der Waals surface area contributed by atoms with Gasteiger partial charge in [0.05, 0.1) is 11.3 Å². The van der Waals surface area contributed by atoms with Gasteiger partial charge in [0.1, 0.15) is 17.7 Å². The molecule has 0 saturated carbocycles. The standard InChI is InChI=1S/C18H13ClN4O/c19-16-7-3-1-6-14(16)11-23-18(24)15(10-21)12-22-17-8-4-2-5-13(17)9-20/h1-8,12,22H,11H2,(H,23,24)/b15-12-. The molecule has 0 aromatic heterocycles. The van der Waals surface area contributed by atoms with Crippen LogP contribution in [0.4, 0.5) is 5.69 Å². The summed E-state index contributed by atoms with van der Waals surface area (Å²) >= 11 is 6.02. The molecule has 0 aliphatic heterocycles. The first kappa shape index (κ1) is 17.1. The minimum atomic E-state index is -0.528. The van der Waals surface area contributed by atoms with Gasteiger partial charge in [0.25, 0.3) is 5.91 Å². The zero-order valence-corrected chi connectivity index (χ0v) is 13.3. The van der Waals surface area contributed by atoms with E-state index in [0.717, 1.165) is 5.56 Å². The molecule has 5 nitrogen and oxygen atoms in total. The second kappa shape index (κ2) is 8.38. The van der Waals surface area contributed by atoms with Crippen molar-refractivity contribution in [3.05, 3.63) is 76.5 Å². The summed E-state index contributed by atoms with van der Waals surface area (Å²) in [6.45, 7) is 0.215. The first-order valence-corrected chi connectivity index (χ1v) is 7.41. The van der Waals surface area contributed by atoms with Crippen molar-refractivity contribution in [3.8, 4) is 12.1 Å². The fraction of sp³-hybridized carbons (Fsp3) is 0.0556. The van der Waals surface area contributed by atoms with Crippen molar-refractivity contribution in [3.63, 3.8) is 0 Å². The van der Waals surface area contributed by atoms with Gasteiger partial charge in [-0.15, -0.1) is 0 Å². The number of carbonyl (C=O) groups excluding carboxylic acids is 1. The van der Waals surface area contributed by atoms with Gasteiger partial charge in [-0.25, -0.2) is 0 Å². The number of hydrogen-bond donors (Lipinski definition) is 2. The fourth-order valence-corrected chi connectivity index (χ4v) is 2.12. The topological polar surface area (TPSA) is 88.7 Å². The van der Waals surface area contributed by atoms with E-state index in [0.29, 0.717) is 16.3 Å². The lowest BCUT2D eigenvalue weighted by Crippen LogP contribution is -2.24. The van der Waals surface area contributed by atoms with Gasteiger partial charge >= 0.3 is 0 Å². The van der Waals surface area contributed by atoms with Crippen LogP contribution < -0.4 is 10.6 Å². The molecular weight excluding hydrogens is 324 g/mol. The van der Waals surface area contributed by atoms with Crippen molar-refractivity contribution in [2.45, 2.75) is 6.54 Å². The number of nitrogens with one attached hydrogen (secondary N) is 2. The van der Waals surface area contributed by atoms with Crippen LogP contribution in [0.2, 0.25) is 5.02 Å². The Morgan fingerprint density at radius 3 is 2.54 bits per heavy atom. The molecule has 2 aromatic rings. The number of halogens is 1. The van der Waals surface area contributed by atoms with Crippen molar-refractivity contribution in [1.29, 1.82) is 10.5 Å². The fourth-order valence-electron chi connectivity index (χ4n) is 1.92. The van der Waals surface area contributed by atoms with Crippen LogP contribution in [-0.4, -0.2) is 5.91 Å². The van der Waals surface area contributed by atoms with Crippen LogP contribution in [0.3, 0.4) is 0 Å². The minimum absolute atomic E-state index is 0.102. The summed E-state index contributed by atoms with van der Waals surface area (Å²) in [7, 11) is 0. The molecule has 118 valence electrons. The molecule has 24 heavy (non-hydrogen) atoms. The van der Waals surface area contributed by atoms with Gasteiger partial charge < -0.3 is 10.6 Å². The van der Waals surface area contributed by atoms with Crippen molar-refractivity contribution in [2.24, 2.45) is 0 Å². The number of anilines is 1. The van der Waals surface area contributed by atoms with Gasteiger partial charge in [-0.05, 0) is 23.8 Å². The van der Waals surface area contributed by atoms with Gasteiger partial charge in [-0.2, -0.15) is 10.5 Å². The van der Waals surface area contributed by atoms with Gasteiger partial charge in [0, 0.05) is 17.8 Å². The van der Waals surface area contributed by atoms with Crippen molar-refractivity contribution >= 4 is 23.2 Å². The molecule has 0 aliphatic carbocycles. The van der Waals surface area contributed by atoms with E-state index >= 15 is 0 Å². The quantitative estimate of drug-likeness (QED) is 0.647. The summed E-state index contributed by atoms with van der Waals surface area (Å²) in [5.74, 6) is -0.528. The molecule has 0 atom stereocenters. The average molecular weight is 337 g/mol. The maximum Gasteiger partial charge on any atom is 0.263 e. The van der Waals surface area contributed by atoms with Crippen LogP contribution in [0, 0.1) is 22.7 Å². The Morgan fingerprint density at radius 2 is 1.83 bits per heavy atom. The van der Waals surface area contributed by atoms with Crippen LogP contribution in [-0.2, 0) is 11.3 Å². The lowest BCUT2D eigenvalue weighted by Gasteiger charge is -2.07. The summed E-state index contributed by atoms with van der Waals surface area (Å²) in [4.78, 5) is 12.1. The first-order chi connectivity index (χ1) is 11.7. The number of benzene rings is 2. The molecule has 0 unspecified atom stereocenters. The molecular formula is C18H13ClN4O. The summed E-state index contributed by atoms with van der Waals surface area (Å²) < 4.78 is 0. The Morgan fingerprint density at radius 1 is 1.12 bits per heavy atom. The van der Waals surface area contributed by atoms with E-state index in [1.165, 1.54) is 6.20 Å². The number of carbonyl (C=O) groups is 1. The third-order valence-electron chi connectivity index (χ3n) is 3.18. The molecule has 1 amide bonds. The lowest BCUT2D eigenvalue weighted by atomic mass is 10.2. The third kappa shape index (κ3) is 4.36. The van der Waals surface area contributed by atoms with Crippen molar-refractivity contribution in [1.82, 2.24) is 5.32 Å². The average Bonchev–Trinajstić information content (AvgIpc) is 2.62. The number of rotatable bonds is 5. The molecule has 0 saturated heterocycles. The van der Waals surface area contributed by atoms with E-state index in [1.54, 1.807) is 42.5 Å². The Kier molecular flexibility index (Phi) is 5.96. The molecule has 0 heterocycles. The smallest absolute Gasteiger partial charge is 0.263 e. The molecule has 0 bridgehead atoms. The van der Waals surface area contributed by atoms with Crippen molar-refractivity contribution < 1.29 is 4.79 Å². The van der Waals surface area contributed by atoms with Gasteiger partial charge in [-0.3, -0.25) is 4.79 Å². The van der Waals surface area contributed by atoms with E-state index in [1.807, 2.05) is 18.2 Å². The summed E-state index contributed by atoms with van der Waals surface area (Å²) in [6.07, 6.45) is 1.28. The Hall–Kier alpha value is -3.28. The Labute approximate surface area is 144 Å². The minimum Gasteiger partial charge on any atom is -0.359 e. The molecule has 0 radical (unpaired) electrons. The first-order valence-electron chi connectivity index (χ1n) is 7.03. The summed E-state index contributed by atoms with van der Waals surface area (Å²) in [6, 6.07) is 17.8. The zero-order chi connectivity index (χ0) is 17.4. The highest BCUT2D eigenvalue weighted by Crippen LogP contribution is 2.15. The molecule has 2 aromatic carbocycles. The van der Waals surface area contributed by atoms with E-state index < -0.39 is 5.91 Å².